The number of carbonyl (C=O) groups excluding carboxylic acids is 1. The molecule has 1 aliphatic heterocycles. The van der Waals surface area contributed by atoms with Crippen molar-refractivity contribution < 1.29 is 9.72 Å². The van der Waals surface area contributed by atoms with Gasteiger partial charge in [0.1, 0.15) is 5.82 Å². The number of anilines is 2. The van der Waals surface area contributed by atoms with Gasteiger partial charge in [0, 0.05) is 44.5 Å². The van der Waals surface area contributed by atoms with Crippen molar-refractivity contribution in [2.45, 2.75) is 13.0 Å². The highest BCUT2D eigenvalue weighted by Crippen LogP contribution is 2.27. The maximum Gasteiger partial charge on any atom is 0.271 e. The fourth-order valence-electron chi connectivity index (χ4n) is 3.00. The van der Waals surface area contributed by atoms with E-state index in [2.05, 4.69) is 20.1 Å². The molecule has 2 aromatic rings. The number of non-ortho nitro benzene ring substituents is 1. The van der Waals surface area contributed by atoms with Crippen LogP contribution in [-0.2, 0) is 4.79 Å². The zero-order chi connectivity index (χ0) is 19.4. The quantitative estimate of drug-likeness (QED) is 0.624. The second-order valence-electron chi connectivity index (χ2n) is 6.30. The van der Waals surface area contributed by atoms with Gasteiger partial charge in [0.05, 0.1) is 21.7 Å². The first-order valence-electron chi connectivity index (χ1n) is 8.60. The van der Waals surface area contributed by atoms with Crippen LogP contribution in [0.15, 0.2) is 42.6 Å². The lowest BCUT2D eigenvalue weighted by atomic mass is 10.2. The van der Waals surface area contributed by atoms with Gasteiger partial charge < -0.3 is 10.2 Å². The molecule has 9 heteroatoms. The zero-order valence-electron chi connectivity index (χ0n) is 14.8. The van der Waals surface area contributed by atoms with Crippen LogP contribution < -0.4 is 10.2 Å². The van der Waals surface area contributed by atoms with Crippen LogP contribution in [0, 0.1) is 10.1 Å². The molecule has 1 unspecified atom stereocenters. The number of nitro benzene ring substituents is 1. The fraction of sp³-hybridized carbons (Fsp3) is 0.333. The van der Waals surface area contributed by atoms with Crippen LogP contribution in [0.2, 0.25) is 5.02 Å². The van der Waals surface area contributed by atoms with E-state index in [1.807, 2.05) is 25.1 Å². The van der Waals surface area contributed by atoms with E-state index in [1.54, 1.807) is 6.20 Å². The van der Waals surface area contributed by atoms with E-state index in [9.17, 15) is 14.9 Å². The largest absolute Gasteiger partial charge is 0.354 e. The molecule has 1 aromatic heterocycles. The Morgan fingerprint density at radius 2 is 2.00 bits per heavy atom. The lowest BCUT2D eigenvalue weighted by molar-refractivity contribution is -0.384. The summed E-state index contributed by atoms with van der Waals surface area (Å²) >= 11 is 6.05. The van der Waals surface area contributed by atoms with Crippen LogP contribution in [0.1, 0.15) is 6.92 Å². The second kappa shape index (κ2) is 8.32. The molecule has 1 saturated heterocycles. The summed E-state index contributed by atoms with van der Waals surface area (Å²) in [5.41, 5.74) is 0.253. The second-order valence-corrected chi connectivity index (χ2v) is 6.70. The Morgan fingerprint density at radius 1 is 1.26 bits per heavy atom. The van der Waals surface area contributed by atoms with Gasteiger partial charge in [-0.3, -0.25) is 19.8 Å². The third-order valence-corrected chi connectivity index (χ3v) is 4.95. The summed E-state index contributed by atoms with van der Waals surface area (Å²) in [6.07, 6.45) is 1.77. The van der Waals surface area contributed by atoms with Gasteiger partial charge in [-0.1, -0.05) is 17.7 Å². The number of nitro groups is 1. The minimum atomic E-state index is -0.527. The average molecular weight is 390 g/mol. The van der Waals surface area contributed by atoms with Gasteiger partial charge in [-0.15, -0.1) is 0 Å². The number of hydrogen-bond acceptors (Lipinski definition) is 6. The van der Waals surface area contributed by atoms with E-state index in [0.717, 1.165) is 32.0 Å². The van der Waals surface area contributed by atoms with Gasteiger partial charge in [-0.2, -0.15) is 0 Å². The topological polar surface area (TPSA) is 91.6 Å². The van der Waals surface area contributed by atoms with Crippen molar-refractivity contribution in [3.05, 3.63) is 57.7 Å². The van der Waals surface area contributed by atoms with E-state index in [0.29, 0.717) is 5.69 Å². The molecular weight excluding hydrogens is 370 g/mol. The van der Waals surface area contributed by atoms with Crippen LogP contribution in [-0.4, -0.2) is 52.9 Å². The summed E-state index contributed by atoms with van der Waals surface area (Å²) in [6.45, 7) is 4.88. The number of amides is 1. The molecule has 0 radical (unpaired) electrons. The van der Waals surface area contributed by atoms with Crippen molar-refractivity contribution in [3.63, 3.8) is 0 Å². The Balaban J connectivity index is 1.57. The van der Waals surface area contributed by atoms with Gasteiger partial charge >= 0.3 is 0 Å². The van der Waals surface area contributed by atoms with E-state index < -0.39 is 4.92 Å². The molecule has 0 saturated carbocycles. The standard InChI is InChI=1S/C18H20ClN5O3/c1-13(18(25)21-16-6-5-14(24(26)27)12-15(16)19)22-8-10-23(11-9-22)17-4-2-3-7-20-17/h2-7,12-13H,8-11H2,1H3,(H,21,25). The molecule has 3 rings (SSSR count). The Hall–Kier alpha value is -2.71. The number of carbonyl (C=O) groups is 1. The SMILES string of the molecule is CC(C(=O)Nc1ccc([N+](=O)[O-])cc1Cl)N1CCN(c2ccccn2)CC1. The maximum atomic E-state index is 12.6. The minimum absolute atomic E-state index is 0.114. The van der Waals surface area contributed by atoms with Crippen molar-refractivity contribution in [2.75, 3.05) is 36.4 Å². The number of benzene rings is 1. The zero-order valence-corrected chi connectivity index (χ0v) is 15.6. The lowest BCUT2D eigenvalue weighted by Crippen LogP contribution is -2.53. The maximum absolute atomic E-state index is 12.6. The fourth-order valence-corrected chi connectivity index (χ4v) is 3.22. The van der Waals surface area contributed by atoms with Gasteiger partial charge in [0.2, 0.25) is 5.91 Å². The van der Waals surface area contributed by atoms with Crippen LogP contribution >= 0.6 is 11.6 Å². The van der Waals surface area contributed by atoms with Crippen molar-refractivity contribution in [1.82, 2.24) is 9.88 Å². The molecule has 1 atom stereocenters. The Labute approximate surface area is 161 Å². The molecule has 2 heterocycles. The summed E-state index contributed by atoms with van der Waals surface area (Å²) in [7, 11) is 0. The van der Waals surface area contributed by atoms with Crippen LogP contribution in [0.4, 0.5) is 17.2 Å². The molecule has 1 amide bonds. The molecule has 1 aliphatic rings. The highest BCUT2D eigenvalue weighted by Gasteiger charge is 2.26. The Bertz CT molecular complexity index is 825. The first-order chi connectivity index (χ1) is 13.0. The first-order valence-corrected chi connectivity index (χ1v) is 8.98. The molecule has 142 valence electrons. The predicted octanol–water partition coefficient (Wildman–Crippen LogP) is 2.79. The van der Waals surface area contributed by atoms with Crippen molar-refractivity contribution in [1.29, 1.82) is 0 Å². The van der Waals surface area contributed by atoms with Crippen molar-refractivity contribution >= 4 is 34.7 Å². The molecule has 8 nitrogen and oxygen atoms in total. The molecule has 27 heavy (non-hydrogen) atoms. The number of piperazine rings is 1. The molecule has 1 fully saturated rings. The highest BCUT2D eigenvalue weighted by molar-refractivity contribution is 6.34. The van der Waals surface area contributed by atoms with Crippen LogP contribution in [0.25, 0.3) is 0 Å². The number of hydrogen-bond donors (Lipinski definition) is 1. The molecule has 0 bridgehead atoms. The van der Waals surface area contributed by atoms with E-state index in [-0.39, 0.29) is 22.7 Å². The summed E-state index contributed by atoms with van der Waals surface area (Å²) in [4.78, 5) is 31.4. The molecule has 1 N–H and O–H groups in total. The summed E-state index contributed by atoms with van der Waals surface area (Å²) < 4.78 is 0. The van der Waals surface area contributed by atoms with Gasteiger partial charge in [-0.25, -0.2) is 4.98 Å². The van der Waals surface area contributed by atoms with Gasteiger partial charge in [-0.05, 0) is 25.1 Å². The number of rotatable bonds is 5. The van der Waals surface area contributed by atoms with Crippen molar-refractivity contribution in [2.24, 2.45) is 0 Å². The third-order valence-electron chi connectivity index (χ3n) is 4.64. The average Bonchev–Trinajstić information content (AvgIpc) is 2.69. The Kier molecular flexibility index (Phi) is 5.88. The minimum Gasteiger partial charge on any atom is -0.354 e. The van der Waals surface area contributed by atoms with Gasteiger partial charge in [0.25, 0.3) is 5.69 Å². The van der Waals surface area contributed by atoms with E-state index in [1.165, 1.54) is 18.2 Å². The van der Waals surface area contributed by atoms with E-state index in [4.69, 9.17) is 11.6 Å². The molecule has 0 aliphatic carbocycles. The highest BCUT2D eigenvalue weighted by atomic mass is 35.5. The summed E-state index contributed by atoms with van der Waals surface area (Å²) in [5, 5.41) is 13.7. The smallest absolute Gasteiger partial charge is 0.271 e. The van der Waals surface area contributed by atoms with Crippen molar-refractivity contribution in [3.8, 4) is 0 Å². The molecule has 0 spiro atoms. The number of nitrogens with zero attached hydrogens (tertiary/aromatic N) is 4. The molecule has 1 aromatic carbocycles. The lowest BCUT2D eigenvalue weighted by Gasteiger charge is -2.37. The number of halogens is 1. The summed E-state index contributed by atoms with van der Waals surface area (Å²) in [5.74, 6) is 0.740. The number of aromatic nitrogens is 1. The first kappa shape index (κ1) is 19.1. The molecular formula is C18H20ClN5O3. The Morgan fingerprint density at radius 3 is 2.59 bits per heavy atom. The normalized spacial score (nSPS) is 16.0. The monoisotopic (exact) mass is 389 g/mol. The third kappa shape index (κ3) is 4.53. The number of nitrogens with one attached hydrogen (secondary N) is 1. The predicted molar refractivity (Wildman–Crippen MR) is 104 cm³/mol. The number of pyridine rings is 1. The van der Waals surface area contributed by atoms with Gasteiger partial charge in [0.15, 0.2) is 0 Å². The van der Waals surface area contributed by atoms with Crippen LogP contribution in [0.5, 0.6) is 0 Å². The summed E-state index contributed by atoms with van der Waals surface area (Å²) in [6, 6.07) is 9.47. The van der Waals surface area contributed by atoms with Crippen LogP contribution in [0.3, 0.4) is 0 Å². The van der Waals surface area contributed by atoms with E-state index >= 15 is 0 Å².